The van der Waals surface area contributed by atoms with Crippen molar-refractivity contribution in [1.82, 2.24) is 4.90 Å². The summed E-state index contributed by atoms with van der Waals surface area (Å²) in [6, 6.07) is 14.3. The van der Waals surface area contributed by atoms with Crippen molar-refractivity contribution in [2.45, 2.75) is 19.8 Å². The maximum Gasteiger partial charge on any atom is 0.343 e. The number of ether oxygens (including phenoxy) is 1. The number of carbonyl (C=O) groups excluding carboxylic acids is 2. The summed E-state index contributed by atoms with van der Waals surface area (Å²) in [7, 11) is 0. The van der Waals surface area contributed by atoms with Gasteiger partial charge in [-0.05, 0) is 55.7 Å². The van der Waals surface area contributed by atoms with Gasteiger partial charge in [0.15, 0.2) is 5.17 Å². The van der Waals surface area contributed by atoms with E-state index >= 15 is 0 Å². The van der Waals surface area contributed by atoms with Crippen LogP contribution in [0.25, 0.3) is 6.08 Å². The van der Waals surface area contributed by atoms with Crippen LogP contribution in [0.2, 0.25) is 0 Å². The second kappa shape index (κ2) is 8.02. The van der Waals surface area contributed by atoms with E-state index in [0.29, 0.717) is 17.0 Å². The van der Waals surface area contributed by atoms with Crippen LogP contribution in [0, 0.1) is 6.92 Å². The van der Waals surface area contributed by atoms with Crippen LogP contribution >= 0.6 is 11.8 Å². The molecule has 0 spiro atoms. The van der Waals surface area contributed by atoms with E-state index in [2.05, 4.69) is 4.99 Å². The molecule has 2 heterocycles. The van der Waals surface area contributed by atoms with Gasteiger partial charge in [-0.2, -0.15) is 0 Å². The SMILES string of the molecule is Cc1ccc(C(=O)Oc2cccc(/C=C3\N=C4SCCCCN4C3=O)c2)cc1. The number of thioether (sulfide) groups is 1. The first-order chi connectivity index (χ1) is 13.6. The van der Waals surface area contributed by atoms with Crippen LogP contribution in [0.5, 0.6) is 5.75 Å². The van der Waals surface area contributed by atoms with E-state index in [4.69, 9.17) is 4.74 Å². The molecule has 0 aromatic heterocycles. The third-order valence-electron chi connectivity index (χ3n) is 4.58. The highest BCUT2D eigenvalue weighted by Gasteiger charge is 2.31. The molecule has 142 valence electrons. The van der Waals surface area contributed by atoms with E-state index in [1.54, 1.807) is 53.1 Å². The van der Waals surface area contributed by atoms with Crippen molar-refractivity contribution in [2.75, 3.05) is 12.3 Å². The Labute approximate surface area is 168 Å². The lowest BCUT2D eigenvalue weighted by Crippen LogP contribution is -2.30. The van der Waals surface area contributed by atoms with E-state index < -0.39 is 5.97 Å². The van der Waals surface area contributed by atoms with Crippen molar-refractivity contribution in [2.24, 2.45) is 4.99 Å². The predicted octanol–water partition coefficient (Wildman–Crippen LogP) is 4.28. The zero-order chi connectivity index (χ0) is 19.5. The Morgan fingerprint density at radius 3 is 2.82 bits per heavy atom. The average Bonchev–Trinajstić information content (AvgIpc) is 2.85. The van der Waals surface area contributed by atoms with Gasteiger partial charge in [0.25, 0.3) is 5.91 Å². The Morgan fingerprint density at radius 1 is 1.18 bits per heavy atom. The summed E-state index contributed by atoms with van der Waals surface area (Å²) in [5.74, 6) is 0.945. The summed E-state index contributed by atoms with van der Waals surface area (Å²) in [4.78, 5) is 31.2. The summed E-state index contributed by atoms with van der Waals surface area (Å²) in [5.41, 5.74) is 2.77. The molecule has 0 radical (unpaired) electrons. The summed E-state index contributed by atoms with van der Waals surface area (Å²) in [5, 5.41) is 0.788. The van der Waals surface area contributed by atoms with E-state index in [-0.39, 0.29) is 5.91 Å². The minimum Gasteiger partial charge on any atom is -0.423 e. The van der Waals surface area contributed by atoms with Crippen LogP contribution in [0.3, 0.4) is 0 Å². The predicted molar refractivity (Wildman–Crippen MR) is 111 cm³/mol. The van der Waals surface area contributed by atoms with Gasteiger partial charge in [0, 0.05) is 12.3 Å². The molecule has 2 aliphatic rings. The molecule has 1 saturated heterocycles. The number of amides is 1. The minimum absolute atomic E-state index is 0.0635. The second-order valence-corrected chi connectivity index (χ2v) is 7.83. The van der Waals surface area contributed by atoms with Gasteiger partial charge in [-0.25, -0.2) is 9.79 Å². The highest BCUT2D eigenvalue weighted by atomic mass is 32.2. The third-order valence-corrected chi connectivity index (χ3v) is 5.64. The van der Waals surface area contributed by atoms with Crippen LogP contribution in [0.15, 0.2) is 59.2 Å². The van der Waals surface area contributed by atoms with Gasteiger partial charge in [0.1, 0.15) is 11.4 Å². The number of hydrogen-bond donors (Lipinski definition) is 0. The maximum absolute atomic E-state index is 12.6. The number of nitrogens with zero attached hydrogens (tertiary/aromatic N) is 2. The van der Waals surface area contributed by atoms with E-state index in [9.17, 15) is 9.59 Å². The fourth-order valence-electron chi connectivity index (χ4n) is 3.05. The lowest BCUT2D eigenvalue weighted by molar-refractivity contribution is -0.122. The number of fused-ring (bicyclic) bond motifs is 1. The number of aliphatic imine (C=N–C) groups is 1. The lowest BCUT2D eigenvalue weighted by atomic mass is 10.1. The highest BCUT2D eigenvalue weighted by molar-refractivity contribution is 8.13. The summed E-state index contributed by atoms with van der Waals surface area (Å²) in [6.07, 6.45) is 3.84. The minimum atomic E-state index is -0.410. The fourth-order valence-corrected chi connectivity index (χ4v) is 4.08. The standard InChI is InChI=1S/C22H20N2O3S/c1-15-7-9-17(10-8-15)21(26)27-18-6-4-5-16(13-18)14-19-20(25)24-11-2-3-12-28-22(24)23-19/h4-10,13-14H,2-3,11-12H2,1H3/b19-14-. The van der Waals surface area contributed by atoms with Crippen molar-refractivity contribution < 1.29 is 14.3 Å². The molecule has 0 saturated carbocycles. The van der Waals surface area contributed by atoms with Crippen LogP contribution < -0.4 is 4.74 Å². The van der Waals surface area contributed by atoms with Gasteiger partial charge in [-0.3, -0.25) is 9.69 Å². The van der Waals surface area contributed by atoms with Gasteiger partial charge in [0.05, 0.1) is 5.56 Å². The van der Waals surface area contributed by atoms with Crippen molar-refractivity contribution in [3.63, 3.8) is 0 Å². The Bertz CT molecular complexity index is 980. The highest BCUT2D eigenvalue weighted by Crippen LogP contribution is 2.28. The number of aryl methyl sites for hydroxylation is 1. The molecular weight excluding hydrogens is 372 g/mol. The van der Waals surface area contributed by atoms with Gasteiger partial charge in [-0.1, -0.05) is 41.6 Å². The van der Waals surface area contributed by atoms with Crippen molar-refractivity contribution in [3.05, 3.63) is 70.9 Å². The molecule has 2 aliphatic heterocycles. The molecule has 1 fully saturated rings. The molecule has 2 aromatic rings. The van der Waals surface area contributed by atoms with Crippen LogP contribution in [0.4, 0.5) is 0 Å². The monoisotopic (exact) mass is 392 g/mol. The topological polar surface area (TPSA) is 59.0 Å². The normalized spacial score (nSPS) is 17.9. The van der Waals surface area contributed by atoms with Crippen LogP contribution in [0.1, 0.15) is 34.3 Å². The molecule has 0 atom stereocenters. The molecule has 28 heavy (non-hydrogen) atoms. The van der Waals surface area contributed by atoms with Crippen molar-refractivity contribution >= 4 is 34.9 Å². The van der Waals surface area contributed by atoms with E-state index in [0.717, 1.165) is 41.4 Å². The van der Waals surface area contributed by atoms with Gasteiger partial charge >= 0.3 is 5.97 Å². The van der Waals surface area contributed by atoms with Gasteiger partial charge in [-0.15, -0.1) is 0 Å². The van der Waals surface area contributed by atoms with E-state index in [1.165, 1.54) is 0 Å². The number of esters is 1. The smallest absolute Gasteiger partial charge is 0.343 e. The van der Waals surface area contributed by atoms with Crippen molar-refractivity contribution in [3.8, 4) is 5.75 Å². The molecule has 0 unspecified atom stereocenters. The molecular formula is C22H20N2O3S. The molecule has 6 heteroatoms. The zero-order valence-electron chi connectivity index (χ0n) is 15.6. The molecule has 0 bridgehead atoms. The summed E-state index contributed by atoms with van der Waals surface area (Å²) in [6.45, 7) is 2.68. The number of carbonyl (C=O) groups is 2. The molecule has 0 aliphatic carbocycles. The molecule has 4 rings (SSSR count). The Morgan fingerprint density at radius 2 is 2.00 bits per heavy atom. The Balaban J connectivity index is 1.52. The quantitative estimate of drug-likeness (QED) is 0.444. The average molecular weight is 392 g/mol. The summed E-state index contributed by atoms with van der Waals surface area (Å²) < 4.78 is 5.48. The van der Waals surface area contributed by atoms with Crippen LogP contribution in [-0.4, -0.2) is 34.2 Å². The molecule has 1 amide bonds. The second-order valence-electron chi connectivity index (χ2n) is 6.76. The van der Waals surface area contributed by atoms with Crippen molar-refractivity contribution in [1.29, 1.82) is 0 Å². The third kappa shape index (κ3) is 4.02. The molecule has 2 aromatic carbocycles. The number of benzene rings is 2. The number of rotatable bonds is 3. The maximum atomic E-state index is 12.6. The number of hydrogen-bond acceptors (Lipinski definition) is 5. The Hall–Kier alpha value is -2.86. The number of amidine groups is 1. The lowest BCUT2D eigenvalue weighted by Gasteiger charge is -2.13. The first kappa shape index (κ1) is 18.5. The summed E-state index contributed by atoms with van der Waals surface area (Å²) >= 11 is 1.63. The van der Waals surface area contributed by atoms with Gasteiger partial charge < -0.3 is 4.74 Å². The molecule has 0 N–H and O–H groups in total. The molecule has 5 nitrogen and oxygen atoms in total. The van der Waals surface area contributed by atoms with Gasteiger partial charge in [0.2, 0.25) is 0 Å². The van der Waals surface area contributed by atoms with Crippen LogP contribution in [-0.2, 0) is 4.79 Å². The Kier molecular flexibility index (Phi) is 5.30. The van der Waals surface area contributed by atoms with E-state index in [1.807, 2.05) is 25.1 Å². The first-order valence-electron chi connectivity index (χ1n) is 9.24. The largest absolute Gasteiger partial charge is 0.423 e. The first-order valence-corrected chi connectivity index (χ1v) is 10.2. The fraction of sp³-hybridized carbons (Fsp3) is 0.227. The zero-order valence-corrected chi connectivity index (χ0v) is 16.4.